The lowest BCUT2D eigenvalue weighted by Gasteiger charge is -2.37. The van der Waals surface area contributed by atoms with Gasteiger partial charge < -0.3 is 15.0 Å². The van der Waals surface area contributed by atoms with E-state index in [1.165, 1.54) is 25.7 Å². The second-order valence-corrected chi connectivity index (χ2v) is 5.21. The Balaban J connectivity index is 2.39. The first-order chi connectivity index (χ1) is 7.69. The van der Waals surface area contributed by atoms with Gasteiger partial charge in [0.05, 0.1) is 6.61 Å². The standard InChI is InChI=1S/C13H28N2O/c1-11-7-5-6-8-13(11)15(3)9-12(14-2)10-16-4/h11-14H,5-10H2,1-4H3. The first-order valence-corrected chi connectivity index (χ1v) is 6.55. The molecule has 0 bridgehead atoms. The third-order valence-corrected chi connectivity index (χ3v) is 3.92. The highest BCUT2D eigenvalue weighted by molar-refractivity contribution is 4.81. The number of nitrogens with one attached hydrogen (secondary N) is 1. The summed E-state index contributed by atoms with van der Waals surface area (Å²) in [4.78, 5) is 2.52. The van der Waals surface area contributed by atoms with Gasteiger partial charge in [-0.1, -0.05) is 19.8 Å². The minimum Gasteiger partial charge on any atom is -0.383 e. The molecule has 1 saturated carbocycles. The summed E-state index contributed by atoms with van der Waals surface area (Å²) >= 11 is 0. The fraction of sp³-hybridized carbons (Fsp3) is 1.00. The largest absolute Gasteiger partial charge is 0.383 e. The van der Waals surface area contributed by atoms with Gasteiger partial charge in [-0.05, 0) is 32.9 Å². The highest BCUT2D eigenvalue weighted by atomic mass is 16.5. The van der Waals surface area contributed by atoms with E-state index in [4.69, 9.17) is 4.74 Å². The molecule has 0 spiro atoms. The average Bonchev–Trinajstić information content (AvgIpc) is 2.28. The number of nitrogens with zero attached hydrogens (tertiary/aromatic N) is 1. The van der Waals surface area contributed by atoms with Crippen LogP contribution in [0.5, 0.6) is 0 Å². The van der Waals surface area contributed by atoms with Crippen molar-refractivity contribution in [2.75, 3.05) is 34.4 Å². The molecule has 16 heavy (non-hydrogen) atoms. The molecule has 1 fully saturated rings. The van der Waals surface area contributed by atoms with E-state index < -0.39 is 0 Å². The predicted molar refractivity (Wildman–Crippen MR) is 68.8 cm³/mol. The van der Waals surface area contributed by atoms with Gasteiger partial charge in [0.15, 0.2) is 0 Å². The van der Waals surface area contributed by atoms with Gasteiger partial charge in [0.1, 0.15) is 0 Å². The Morgan fingerprint density at radius 2 is 2.06 bits per heavy atom. The first-order valence-electron chi connectivity index (χ1n) is 6.55. The predicted octanol–water partition coefficient (Wildman–Crippen LogP) is 1.73. The van der Waals surface area contributed by atoms with Crippen LogP contribution in [-0.2, 0) is 4.74 Å². The number of hydrogen-bond donors (Lipinski definition) is 1. The second kappa shape index (κ2) is 7.25. The molecular weight excluding hydrogens is 200 g/mol. The van der Waals surface area contributed by atoms with Gasteiger partial charge in [0.25, 0.3) is 0 Å². The Kier molecular flexibility index (Phi) is 6.32. The smallest absolute Gasteiger partial charge is 0.0628 e. The fourth-order valence-electron chi connectivity index (χ4n) is 2.86. The minimum absolute atomic E-state index is 0.448. The molecule has 0 heterocycles. The molecule has 96 valence electrons. The third-order valence-electron chi connectivity index (χ3n) is 3.92. The van der Waals surface area contributed by atoms with E-state index in [0.29, 0.717) is 6.04 Å². The maximum absolute atomic E-state index is 5.22. The molecule has 1 aliphatic carbocycles. The van der Waals surface area contributed by atoms with E-state index >= 15 is 0 Å². The lowest BCUT2D eigenvalue weighted by atomic mass is 9.85. The zero-order valence-electron chi connectivity index (χ0n) is 11.3. The van der Waals surface area contributed by atoms with E-state index in [-0.39, 0.29) is 0 Å². The molecule has 3 unspecified atom stereocenters. The summed E-state index contributed by atoms with van der Waals surface area (Å²) in [5.41, 5.74) is 0. The molecule has 3 heteroatoms. The Bertz CT molecular complexity index is 187. The third kappa shape index (κ3) is 4.04. The minimum atomic E-state index is 0.448. The molecule has 0 aromatic heterocycles. The summed E-state index contributed by atoms with van der Waals surface area (Å²) in [5, 5.41) is 3.32. The molecule has 1 aliphatic rings. The van der Waals surface area contributed by atoms with Crippen LogP contribution in [0.3, 0.4) is 0 Å². The SMILES string of the molecule is CNC(COC)CN(C)C1CCCCC1C. The van der Waals surface area contributed by atoms with Crippen LogP contribution in [0.15, 0.2) is 0 Å². The Morgan fingerprint density at radius 3 is 2.62 bits per heavy atom. The number of likely N-dealkylation sites (N-methyl/N-ethyl adjacent to an activating group) is 2. The zero-order valence-corrected chi connectivity index (χ0v) is 11.3. The van der Waals surface area contributed by atoms with Crippen molar-refractivity contribution in [1.29, 1.82) is 0 Å². The van der Waals surface area contributed by atoms with Crippen molar-refractivity contribution in [2.24, 2.45) is 5.92 Å². The summed E-state index contributed by atoms with van der Waals surface area (Å²) in [5.74, 6) is 0.846. The molecule has 3 atom stereocenters. The van der Waals surface area contributed by atoms with Gasteiger partial charge >= 0.3 is 0 Å². The van der Waals surface area contributed by atoms with Gasteiger partial charge in [0.2, 0.25) is 0 Å². The molecular formula is C13H28N2O. The summed E-state index contributed by atoms with van der Waals surface area (Å²) in [6.45, 7) is 4.27. The molecule has 0 saturated heterocycles. The molecule has 3 nitrogen and oxygen atoms in total. The summed E-state index contributed by atoms with van der Waals surface area (Å²) in [6, 6.07) is 1.21. The van der Waals surface area contributed by atoms with E-state index in [9.17, 15) is 0 Å². The summed E-state index contributed by atoms with van der Waals surface area (Å²) in [7, 11) is 6.04. The van der Waals surface area contributed by atoms with E-state index in [1.54, 1.807) is 7.11 Å². The number of ether oxygens (including phenoxy) is 1. The van der Waals surface area contributed by atoms with Crippen LogP contribution in [0.2, 0.25) is 0 Å². The van der Waals surface area contributed by atoms with E-state index in [0.717, 1.165) is 25.1 Å². The first kappa shape index (κ1) is 13.9. The van der Waals surface area contributed by atoms with Gasteiger partial charge in [-0.2, -0.15) is 0 Å². The second-order valence-electron chi connectivity index (χ2n) is 5.21. The monoisotopic (exact) mass is 228 g/mol. The number of rotatable bonds is 6. The van der Waals surface area contributed by atoms with E-state index in [1.807, 2.05) is 7.05 Å². The highest BCUT2D eigenvalue weighted by Crippen LogP contribution is 2.27. The Labute approximate surface area is 101 Å². The number of hydrogen-bond acceptors (Lipinski definition) is 3. The lowest BCUT2D eigenvalue weighted by Crippen LogP contribution is -2.47. The van der Waals surface area contributed by atoms with E-state index in [2.05, 4.69) is 24.2 Å². The van der Waals surface area contributed by atoms with Crippen LogP contribution in [0, 0.1) is 5.92 Å². The molecule has 0 amide bonds. The maximum atomic E-state index is 5.22. The normalized spacial score (nSPS) is 28.3. The topological polar surface area (TPSA) is 24.5 Å². The van der Waals surface area contributed by atoms with Crippen LogP contribution in [0.4, 0.5) is 0 Å². The van der Waals surface area contributed by atoms with Crippen molar-refractivity contribution in [1.82, 2.24) is 10.2 Å². The summed E-state index contributed by atoms with van der Waals surface area (Å²) < 4.78 is 5.22. The van der Waals surface area contributed by atoms with Gasteiger partial charge in [-0.25, -0.2) is 0 Å². The van der Waals surface area contributed by atoms with Gasteiger partial charge in [-0.3, -0.25) is 0 Å². The van der Waals surface area contributed by atoms with Crippen molar-refractivity contribution in [3.8, 4) is 0 Å². The highest BCUT2D eigenvalue weighted by Gasteiger charge is 2.25. The van der Waals surface area contributed by atoms with Crippen molar-refractivity contribution in [3.63, 3.8) is 0 Å². The van der Waals surface area contributed by atoms with Crippen LogP contribution < -0.4 is 5.32 Å². The van der Waals surface area contributed by atoms with Gasteiger partial charge in [-0.15, -0.1) is 0 Å². The van der Waals surface area contributed by atoms with Crippen LogP contribution in [-0.4, -0.2) is 51.3 Å². The zero-order chi connectivity index (χ0) is 12.0. The molecule has 0 aromatic rings. The van der Waals surface area contributed by atoms with Crippen molar-refractivity contribution < 1.29 is 4.74 Å². The molecule has 0 radical (unpaired) electrons. The molecule has 0 aromatic carbocycles. The van der Waals surface area contributed by atoms with Crippen molar-refractivity contribution >= 4 is 0 Å². The van der Waals surface area contributed by atoms with Crippen LogP contribution in [0.25, 0.3) is 0 Å². The van der Waals surface area contributed by atoms with Crippen molar-refractivity contribution in [2.45, 2.75) is 44.7 Å². The summed E-state index contributed by atoms with van der Waals surface area (Å²) in [6.07, 6.45) is 5.57. The average molecular weight is 228 g/mol. The lowest BCUT2D eigenvalue weighted by molar-refractivity contribution is 0.101. The maximum Gasteiger partial charge on any atom is 0.0628 e. The Hall–Kier alpha value is -0.120. The van der Waals surface area contributed by atoms with Gasteiger partial charge in [0, 0.05) is 25.7 Å². The molecule has 1 rings (SSSR count). The fourth-order valence-corrected chi connectivity index (χ4v) is 2.86. The van der Waals surface area contributed by atoms with Crippen LogP contribution >= 0.6 is 0 Å². The van der Waals surface area contributed by atoms with Crippen molar-refractivity contribution in [3.05, 3.63) is 0 Å². The number of methoxy groups -OCH3 is 1. The Morgan fingerprint density at radius 1 is 1.38 bits per heavy atom. The molecule has 0 aliphatic heterocycles. The quantitative estimate of drug-likeness (QED) is 0.749. The van der Waals surface area contributed by atoms with Crippen LogP contribution in [0.1, 0.15) is 32.6 Å². The molecule has 1 N–H and O–H groups in total.